The molecule has 0 saturated carbocycles. The van der Waals surface area contributed by atoms with Gasteiger partial charge in [0, 0.05) is 61.3 Å². The molecule has 6 rings (SSSR count). The number of carboxylic acids is 2. The number of hydrogen-bond donors (Lipinski definition) is 6. The number of rotatable bonds is 10. The molecule has 2 unspecified atom stereocenters. The molecule has 0 spiro atoms. The fourth-order valence-electron chi connectivity index (χ4n) is 5.59. The highest BCUT2D eigenvalue weighted by molar-refractivity contribution is 7.57. The molecule has 2 aromatic carbocycles. The lowest BCUT2D eigenvalue weighted by Crippen LogP contribution is -2.39. The Hall–Kier alpha value is -6.40. The Morgan fingerprint density at radius 3 is 2.48 bits per heavy atom. The first-order valence-electron chi connectivity index (χ1n) is 17.9. The normalized spacial score (nSPS) is 15.5. The lowest BCUT2D eigenvalue weighted by atomic mass is 9.92. The maximum absolute atomic E-state index is 14.5. The summed E-state index contributed by atoms with van der Waals surface area (Å²) in [6, 6.07) is 6.20. The van der Waals surface area contributed by atoms with Crippen molar-refractivity contribution >= 4 is 65.6 Å². The molecule has 23 heteroatoms. The Kier molecular flexibility index (Phi) is 15.7. The van der Waals surface area contributed by atoms with Crippen LogP contribution in [0.5, 0.6) is 5.75 Å². The largest absolute Gasteiger partial charge is 0.481 e. The Morgan fingerprint density at radius 2 is 1.85 bits per heavy atom. The van der Waals surface area contributed by atoms with Crippen LogP contribution in [0.15, 0.2) is 58.8 Å². The number of hydrogen-bond acceptors (Lipinski definition) is 12. The second-order valence-electron chi connectivity index (χ2n) is 14.3. The van der Waals surface area contributed by atoms with Gasteiger partial charge >= 0.3 is 18.0 Å². The highest BCUT2D eigenvalue weighted by Crippen LogP contribution is 2.38. The molecule has 2 aromatic heterocycles. The van der Waals surface area contributed by atoms with Crippen molar-refractivity contribution in [1.29, 1.82) is 0 Å². The number of nitrogens with one attached hydrogen (secondary N) is 2. The van der Waals surface area contributed by atoms with Crippen molar-refractivity contribution in [3.8, 4) is 18.1 Å². The number of carbonyl (C=O) groups excluding carboxylic acids is 2. The summed E-state index contributed by atoms with van der Waals surface area (Å²) in [5, 5.41) is 23.3. The molecule has 61 heavy (non-hydrogen) atoms. The zero-order valence-corrected chi connectivity index (χ0v) is 34.8. The second kappa shape index (κ2) is 20.2. The lowest BCUT2D eigenvalue weighted by Gasteiger charge is -2.28. The summed E-state index contributed by atoms with van der Waals surface area (Å²) in [5.74, 6) is -1.09. The number of aliphatic carboxylic acids is 1. The summed E-state index contributed by atoms with van der Waals surface area (Å²) in [6.07, 6.45) is 7.60. The van der Waals surface area contributed by atoms with Gasteiger partial charge in [-0.1, -0.05) is 19.8 Å². The molecule has 324 valence electrons. The zero-order chi connectivity index (χ0) is 45.2. The SMILES string of the molecule is C#CCN1C(=O)COc2cc(F)c(N=c3snc4n3CC(C)(C)C4)cc21.C/C(=N\NC(=O)Nc1cc(F)cc(F)c1)c1ncccc1C(=O)O.CP(=O)(O)CCC(N)C(=O)O. The van der Waals surface area contributed by atoms with Crippen molar-refractivity contribution in [2.75, 3.05) is 36.2 Å². The Morgan fingerprint density at radius 1 is 1.16 bits per heavy atom. The van der Waals surface area contributed by atoms with Crippen LogP contribution < -0.4 is 30.9 Å². The Balaban J connectivity index is 0.000000218. The van der Waals surface area contributed by atoms with E-state index < -0.39 is 48.8 Å². The van der Waals surface area contributed by atoms with Crippen LogP contribution in [0.2, 0.25) is 0 Å². The zero-order valence-electron chi connectivity index (χ0n) is 33.1. The average molecular weight is 888 g/mol. The van der Waals surface area contributed by atoms with Crippen LogP contribution in [0.25, 0.3) is 0 Å². The molecule has 2 atom stereocenters. The quantitative estimate of drug-likeness (QED) is 0.0555. The maximum Gasteiger partial charge on any atom is 0.339 e. The third-order valence-corrected chi connectivity index (χ3v) is 10.3. The second-order valence-corrected chi connectivity index (χ2v) is 17.6. The Bertz CT molecular complexity index is 2500. The number of aromatic carboxylic acids is 1. The number of aromatic nitrogens is 3. The molecule has 2 aliphatic heterocycles. The molecular formula is C38H41F3N9O9PS. The number of carboxylic acid groups (broad SMARTS) is 2. The monoisotopic (exact) mass is 887 g/mol. The van der Waals surface area contributed by atoms with E-state index in [2.05, 4.69) is 50.0 Å². The number of ether oxygens (including phenoxy) is 1. The van der Waals surface area contributed by atoms with Gasteiger partial charge in [0.15, 0.2) is 19.8 Å². The van der Waals surface area contributed by atoms with Gasteiger partial charge in [-0.25, -0.2) is 33.2 Å². The standard InChI is InChI=1S/C18H17FN4O2S.C15H12F2N4O3.C5H12NO4P/c1-4-5-22-13-7-12(11(19)6-14(13)25-9-16(22)24)20-17-23-10-18(2,3)8-15(23)21-26-17;1-8(13-12(14(22)23)3-2-4-18-13)20-21-15(24)19-11-6-9(16)5-10(17)7-11;1-11(9,10)3-2-4(6)5(7)8/h1,6-7H,5,8-10H2,2-3H3;2-7H,1H3,(H,22,23)(H2,19,21,24);4H,2-3,6H2,1H3,(H,7,8)(H,9,10)/b;20-8+;. The first-order valence-corrected chi connectivity index (χ1v) is 21.0. The third-order valence-electron chi connectivity index (χ3n) is 8.43. The summed E-state index contributed by atoms with van der Waals surface area (Å²) < 4.78 is 63.0. The summed E-state index contributed by atoms with van der Waals surface area (Å²) in [4.78, 5) is 64.1. The molecule has 0 bridgehead atoms. The number of urea groups is 1. The number of carbonyl (C=O) groups is 4. The van der Waals surface area contributed by atoms with Crippen LogP contribution >= 0.6 is 18.9 Å². The molecule has 3 amide bonds. The van der Waals surface area contributed by atoms with Crippen molar-refractivity contribution < 1.29 is 56.8 Å². The van der Waals surface area contributed by atoms with Crippen LogP contribution in [0.4, 0.5) is 35.0 Å². The number of halogens is 3. The summed E-state index contributed by atoms with van der Waals surface area (Å²) in [7, 11) is -3.10. The van der Waals surface area contributed by atoms with E-state index in [1.807, 2.05) is 4.57 Å². The molecule has 0 aliphatic carbocycles. The first-order chi connectivity index (χ1) is 28.6. The fraction of sp³-hybridized carbons (Fsp3) is 0.316. The predicted octanol–water partition coefficient (Wildman–Crippen LogP) is 4.55. The van der Waals surface area contributed by atoms with Crippen LogP contribution in [0.3, 0.4) is 0 Å². The van der Waals surface area contributed by atoms with Crippen LogP contribution in [0.1, 0.15) is 49.1 Å². The van der Waals surface area contributed by atoms with E-state index in [-0.39, 0.29) is 65.4 Å². The predicted molar refractivity (Wildman–Crippen MR) is 219 cm³/mol. The van der Waals surface area contributed by atoms with Crippen molar-refractivity contribution in [3.05, 3.63) is 88.0 Å². The van der Waals surface area contributed by atoms with Gasteiger partial charge in [-0.2, -0.15) is 9.47 Å². The number of nitrogens with zero attached hydrogens (tertiary/aromatic N) is 6. The van der Waals surface area contributed by atoms with Crippen molar-refractivity contribution in [2.24, 2.45) is 21.2 Å². The van der Waals surface area contributed by atoms with Crippen molar-refractivity contribution in [2.45, 2.75) is 46.2 Å². The highest BCUT2D eigenvalue weighted by Gasteiger charge is 2.31. The molecule has 4 heterocycles. The number of amides is 3. The van der Waals surface area contributed by atoms with Gasteiger partial charge in [-0.3, -0.25) is 24.0 Å². The minimum Gasteiger partial charge on any atom is -0.481 e. The molecule has 2 aliphatic rings. The smallest absolute Gasteiger partial charge is 0.339 e. The first kappa shape index (κ1) is 47.3. The number of anilines is 2. The summed E-state index contributed by atoms with van der Waals surface area (Å²) in [6.45, 7) is 7.69. The molecule has 18 nitrogen and oxygen atoms in total. The van der Waals surface area contributed by atoms with Crippen molar-refractivity contribution in [1.82, 2.24) is 19.4 Å². The van der Waals surface area contributed by atoms with Crippen LogP contribution in [-0.4, -0.2) is 90.6 Å². The maximum atomic E-state index is 14.5. The molecule has 0 fully saturated rings. The van der Waals surface area contributed by atoms with E-state index in [1.54, 1.807) is 0 Å². The van der Waals surface area contributed by atoms with Gasteiger partial charge in [-0.15, -0.1) is 6.42 Å². The number of pyridine rings is 1. The topological polar surface area (TPSA) is 264 Å². The number of fused-ring (bicyclic) bond motifs is 2. The van der Waals surface area contributed by atoms with Gasteiger partial charge in [0.1, 0.15) is 40.6 Å². The van der Waals surface area contributed by atoms with Gasteiger partial charge in [0.05, 0.1) is 23.5 Å². The van der Waals surface area contributed by atoms with E-state index in [4.69, 9.17) is 32.0 Å². The van der Waals surface area contributed by atoms with Gasteiger partial charge in [0.2, 0.25) is 4.80 Å². The molecule has 7 N–H and O–H groups in total. The van der Waals surface area contributed by atoms with E-state index in [0.29, 0.717) is 22.3 Å². The van der Waals surface area contributed by atoms with E-state index in [9.17, 15) is 36.9 Å². The average Bonchev–Trinajstić information content (AvgIpc) is 3.68. The molecule has 0 saturated heterocycles. The minimum absolute atomic E-state index is 0.0412. The molecular weight excluding hydrogens is 847 g/mol. The van der Waals surface area contributed by atoms with Crippen molar-refractivity contribution in [3.63, 3.8) is 0 Å². The van der Waals surface area contributed by atoms with E-state index in [1.165, 1.54) is 60.5 Å². The summed E-state index contributed by atoms with van der Waals surface area (Å²) in [5.41, 5.74) is 7.93. The van der Waals surface area contributed by atoms with Gasteiger partial charge < -0.3 is 35.5 Å². The third kappa shape index (κ3) is 13.6. The number of terminal acetylenes is 1. The Labute approximate surface area is 350 Å². The van der Waals surface area contributed by atoms with E-state index >= 15 is 0 Å². The van der Waals surface area contributed by atoms with E-state index in [0.717, 1.165) is 30.9 Å². The number of nitrogens with two attached hydrogens (primary N) is 1. The number of hydrazone groups is 1. The molecule has 4 aromatic rings. The summed E-state index contributed by atoms with van der Waals surface area (Å²) >= 11 is 1.24. The molecule has 0 radical (unpaired) electrons. The van der Waals surface area contributed by atoms with Gasteiger partial charge in [0.25, 0.3) is 5.91 Å². The van der Waals surface area contributed by atoms with Crippen LogP contribution in [0, 0.1) is 35.2 Å². The highest BCUT2D eigenvalue weighted by atomic mass is 32.1. The number of benzene rings is 2. The lowest BCUT2D eigenvalue weighted by molar-refractivity contribution is -0.138. The van der Waals surface area contributed by atoms with Crippen LogP contribution in [-0.2, 0) is 27.1 Å². The fourth-order valence-corrected chi connectivity index (χ4v) is 7.10. The van der Waals surface area contributed by atoms with Gasteiger partial charge in [-0.05, 0) is 49.1 Å². The minimum atomic E-state index is -3.10.